The standard InChI is InChI=1S/C20H16N2O4.ClH/c1-2-26-20-9-7-15(12-18(20)22(24)25)19(23)8-6-14-4-3-5-16-13-21-11-10-17(14)16;/h3-13H,2H2,1H3;1H/b8-6+;. The average molecular weight is 385 g/mol. The molecule has 0 aliphatic carbocycles. The number of nitrogens with zero attached hydrogens (tertiary/aromatic N) is 2. The van der Waals surface area contributed by atoms with Gasteiger partial charge in [0.15, 0.2) is 11.5 Å². The van der Waals surface area contributed by atoms with Gasteiger partial charge in [-0.25, -0.2) is 0 Å². The molecule has 0 fully saturated rings. The maximum absolute atomic E-state index is 12.4. The van der Waals surface area contributed by atoms with Crippen molar-refractivity contribution < 1.29 is 14.5 Å². The van der Waals surface area contributed by atoms with Crippen molar-refractivity contribution in [2.45, 2.75) is 6.92 Å². The topological polar surface area (TPSA) is 82.3 Å². The lowest BCUT2D eigenvalue weighted by molar-refractivity contribution is -0.385. The molecule has 6 nitrogen and oxygen atoms in total. The Bertz CT molecular complexity index is 1010. The molecule has 0 aliphatic rings. The van der Waals surface area contributed by atoms with Gasteiger partial charge in [0.1, 0.15) is 0 Å². The molecule has 3 aromatic rings. The predicted octanol–water partition coefficient (Wildman–Crippen LogP) is 4.86. The van der Waals surface area contributed by atoms with Crippen LogP contribution >= 0.6 is 12.4 Å². The number of hydrogen-bond donors (Lipinski definition) is 0. The van der Waals surface area contributed by atoms with Crippen molar-refractivity contribution in [1.29, 1.82) is 0 Å². The van der Waals surface area contributed by atoms with Gasteiger partial charge in [-0.1, -0.05) is 24.3 Å². The monoisotopic (exact) mass is 384 g/mol. The second kappa shape index (κ2) is 8.91. The lowest BCUT2D eigenvalue weighted by Crippen LogP contribution is -2.01. The van der Waals surface area contributed by atoms with E-state index in [1.165, 1.54) is 24.3 Å². The van der Waals surface area contributed by atoms with Gasteiger partial charge in [-0.2, -0.15) is 0 Å². The Hall–Kier alpha value is -3.25. The summed E-state index contributed by atoms with van der Waals surface area (Å²) >= 11 is 0. The van der Waals surface area contributed by atoms with Crippen molar-refractivity contribution in [2.75, 3.05) is 6.61 Å². The van der Waals surface area contributed by atoms with Crippen LogP contribution in [-0.2, 0) is 0 Å². The molecule has 0 amide bonds. The van der Waals surface area contributed by atoms with Crippen molar-refractivity contribution in [3.05, 3.63) is 82.2 Å². The number of allylic oxidation sites excluding steroid dienone is 1. The SMILES string of the molecule is CCOc1ccc(C(=O)/C=C/c2cccc3cnccc23)cc1[N+](=O)[O-].Cl. The maximum atomic E-state index is 12.4. The molecule has 0 saturated heterocycles. The van der Waals surface area contributed by atoms with Crippen molar-refractivity contribution in [3.63, 3.8) is 0 Å². The normalized spacial score (nSPS) is 10.6. The summed E-state index contributed by atoms with van der Waals surface area (Å²) in [6.07, 6.45) is 6.56. The summed E-state index contributed by atoms with van der Waals surface area (Å²) in [5.41, 5.74) is 0.888. The Morgan fingerprint density at radius 1 is 1.26 bits per heavy atom. The van der Waals surface area contributed by atoms with E-state index in [2.05, 4.69) is 4.98 Å². The number of ketones is 1. The van der Waals surface area contributed by atoms with E-state index in [1.807, 2.05) is 24.3 Å². The number of pyridine rings is 1. The first-order valence-electron chi connectivity index (χ1n) is 8.06. The molecule has 0 bridgehead atoms. The Morgan fingerprint density at radius 3 is 2.81 bits per heavy atom. The first kappa shape index (κ1) is 20.1. The summed E-state index contributed by atoms with van der Waals surface area (Å²) in [6.45, 7) is 2.05. The van der Waals surface area contributed by atoms with Gasteiger partial charge in [0.2, 0.25) is 0 Å². The fraction of sp³-hybridized carbons (Fsp3) is 0.100. The summed E-state index contributed by atoms with van der Waals surface area (Å²) in [6, 6.07) is 11.8. The summed E-state index contributed by atoms with van der Waals surface area (Å²) in [5.74, 6) is -0.165. The summed E-state index contributed by atoms with van der Waals surface area (Å²) < 4.78 is 5.23. The lowest BCUT2D eigenvalue weighted by Gasteiger charge is -2.05. The van der Waals surface area contributed by atoms with Crippen LogP contribution in [-0.4, -0.2) is 22.3 Å². The largest absolute Gasteiger partial charge is 0.487 e. The molecule has 1 aromatic heterocycles. The molecule has 2 aromatic carbocycles. The smallest absolute Gasteiger partial charge is 0.311 e. The zero-order valence-corrected chi connectivity index (χ0v) is 15.3. The molecule has 0 spiro atoms. The van der Waals surface area contributed by atoms with E-state index in [9.17, 15) is 14.9 Å². The number of nitro benzene ring substituents is 1. The molecular formula is C20H17ClN2O4. The number of fused-ring (bicyclic) bond motifs is 1. The minimum absolute atomic E-state index is 0. The van der Waals surface area contributed by atoms with Gasteiger partial charge >= 0.3 is 5.69 Å². The van der Waals surface area contributed by atoms with Gasteiger partial charge in [0.25, 0.3) is 0 Å². The second-order valence-electron chi connectivity index (χ2n) is 5.51. The van der Waals surface area contributed by atoms with Crippen LogP contribution in [0.2, 0.25) is 0 Å². The molecule has 27 heavy (non-hydrogen) atoms. The number of benzene rings is 2. The molecule has 3 rings (SSSR count). The van der Waals surface area contributed by atoms with E-state index in [4.69, 9.17) is 4.74 Å². The van der Waals surface area contributed by atoms with Crippen LogP contribution in [0.15, 0.2) is 60.9 Å². The third kappa shape index (κ3) is 4.48. The highest BCUT2D eigenvalue weighted by Gasteiger charge is 2.17. The minimum Gasteiger partial charge on any atom is -0.487 e. The van der Waals surface area contributed by atoms with Crippen LogP contribution in [0.25, 0.3) is 16.8 Å². The number of rotatable bonds is 6. The van der Waals surface area contributed by atoms with E-state index >= 15 is 0 Å². The summed E-state index contributed by atoms with van der Waals surface area (Å²) in [5, 5.41) is 13.1. The Morgan fingerprint density at radius 2 is 2.07 bits per heavy atom. The third-order valence-electron chi connectivity index (χ3n) is 3.87. The molecule has 0 saturated carbocycles. The first-order valence-corrected chi connectivity index (χ1v) is 8.06. The number of halogens is 1. The van der Waals surface area contributed by atoms with E-state index in [0.29, 0.717) is 6.61 Å². The highest BCUT2D eigenvalue weighted by Crippen LogP contribution is 2.28. The van der Waals surface area contributed by atoms with Crippen molar-refractivity contribution >= 4 is 40.7 Å². The number of carbonyl (C=O) groups is 1. The maximum Gasteiger partial charge on any atom is 0.311 e. The summed E-state index contributed by atoms with van der Waals surface area (Å²) in [7, 11) is 0. The van der Waals surface area contributed by atoms with Crippen molar-refractivity contribution in [2.24, 2.45) is 0 Å². The van der Waals surface area contributed by atoms with Crippen molar-refractivity contribution in [3.8, 4) is 5.75 Å². The van der Waals surface area contributed by atoms with Crippen LogP contribution in [0.3, 0.4) is 0 Å². The molecule has 0 aliphatic heterocycles. The predicted molar refractivity (Wildman–Crippen MR) is 107 cm³/mol. The van der Waals surface area contributed by atoms with Gasteiger partial charge in [0, 0.05) is 29.4 Å². The molecule has 0 radical (unpaired) electrons. The van der Waals surface area contributed by atoms with E-state index in [0.717, 1.165) is 16.3 Å². The highest BCUT2D eigenvalue weighted by molar-refractivity contribution is 6.08. The van der Waals surface area contributed by atoms with E-state index < -0.39 is 4.92 Å². The lowest BCUT2D eigenvalue weighted by atomic mass is 10.0. The van der Waals surface area contributed by atoms with Crippen LogP contribution in [0.1, 0.15) is 22.8 Å². The number of ether oxygens (including phenoxy) is 1. The first-order chi connectivity index (χ1) is 12.6. The molecule has 0 atom stereocenters. The number of hydrogen-bond acceptors (Lipinski definition) is 5. The zero-order chi connectivity index (χ0) is 18.5. The quantitative estimate of drug-likeness (QED) is 0.262. The van der Waals surface area contributed by atoms with Gasteiger partial charge < -0.3 is 4.74 Å². The number of carbonyl (C=O) groups excluding carboxylic acids is 1. The zero-order valence-electron chi connectivity index (χ0n) is 14.5. The molecule has 138 valence electrons. The van der Waals surface area contributed by atoms with Gasteiger partial charge in [-0.3, -0.25) is 19.9 Å². The van der Waals surface area contributed by atoms with E-state index in [1.54, 1.807) is 25.4 Å². The molecule has 7 heteroatoms. The van der Waals surface area contributed by atoms with Crippen LogP contribution in [0.4, 0.5) is 5.69 Å². The van der Waals surface area contributed by atoms with Crippen LogP contribution in [0, 0.1) is 10.1 Å². The highest BCUT2D eigenvalue weighted by atomic mass is 35.5. The number of aromatic nitrogens is 1. The molecule has 0 unspecified atom stereocenters. The van der Waals surface area contributed by atoms with E-state index in [-0.39, 0.29) is 35.2 Å². The second-order valence-corrected chi connectivity index (χ2v) is 5.51. The Kier molecular flexibility index (Phi) is 6.62. The fourth-order valence-electron chi connectivity index (χ4n) is 2.65. The summed E-state index contributed by atoms with van der Waals surface area (Å²) in [4.78, 5) is 27.2. The number of nitro groups is 1. The van der Waals surface area contributed by atoms with Gasteiger partial charge in [-0.05, 0) is 42.1 Å². The Labute approximate surface area is 162 Å². The molecule has 1 heterocycles. The van der Waals surface area contributed by atoms with Gasteiger partial charge in [-0.15, -0.1) is 12.4 Å². The average Bonchev–Trinajstić information content (AvgIpc) is 2.66. The molecular weight excluding hydrogens is 368 g/mol. The van der Waals surface area contributed by atoms with Crippen LogP contribution < -0.4 is 4.74 Å². The Balaban J connectivity index is 0.00000261. The van der Waals surface area contributed by atoms with Crippen molar-refractivity contribution in [1.82, 2.24) is 4.98 Å². The molecule has 0 N–H and O–H groups in total. The third-order valence-corrected chi connectivity index (χ3v) is 3.87. The minimum atomic E-state index is -0.552. The van der Waals surface area contributed by atoms with Crippen LogP contribution in [0.5, 0.6) is 5.75 Å². The van der Waals surface area contributed by atoms with Gasteiger partial charge in [0.05, 0.1) is 11.5 Å². The fourth-order valence-corrected chi connectivity index (χ4v) is 2.65.